The lowest BCUT2D eigenvalue weighted by atomic mass is 10.0. The minimum atomic E-state index is -0.322. The normalized spacial score (nSPS) is 13.1. The minimum absolute atomic E-state index is 0.322. The lowest BCUT2D eigenvalue weighted by Gasteiger charge is -2.10. The zero-order chi connectivity index (χ0) is 29.1. The SMILES string of the molecule is CC(C)Cn1ccc2cc(N)cnc21.COC(=O)c1cc(C2CC2)cnc1Cc1cnc2c(ccn2CC(C)C)c1. The Bertz CT molecular complexity index is 1660. The van der Waals surface area contributed by atoms with E-state index in [9.17, 15) is 4.79 Å². The Morgan fingerprint density at radius 1 is 0.902 bits per heavy atom. The summed E-state index contributed by atoms with van der Waals surface area (Å²) < 4.78 is 9.34. The molecule has 0 spiro atoms. The van der Waals surface area contributed by atoms with Crippen LogP contribution in [-0.4, -0.2) is 37.2 Å². The monoisotopic (exact) mass is 552 g/mol. The fraction of sp³-hybridized carbons (Fsp3) is 0.394. The summed E-state index contributed by atoms with van der Waals surface area (Å²) in [4.78, 5) is 25.8. The molecular formula is C33H40N6O2. The van der Waals surface area contributed by atoms with Crippen LogP contribution >= 0.6 is 0 Å². The van der Waals surface area contributed by atoms with Gasteiger partial charge in [0.05, 0.1) is 30.3 Å². The molecule has 8 heteroatoms. The molecule has 6 rings (SSSR count). The Morgan fingerprint density at radius 2 is 1.51 bits per heavy atom. The van der Waals surface area contributed by atoms with E-state index in [1.807, 2.05) is 24.5 Å². The second-order valence-corrected chi connectivity index (χ2v) is 11.9. The van der Waals surface area contributed by atoms with Crippen LogP contribution in [0.2, 0.25) is 0 Å². The molecule has 0 unspecified atom stereocenters. The number of pyridine rings is 3. The highest BCUT2D eigenvalue weighted by Gasteiger charge is 2.26. The van der Waals surface area contributed by atoms with Crippen LogP contribution in [0.5, 0.6) is 0 Å². The van der Waals surface area contributed by atoms with Crippen molar-refractivity contribution in [2.75, 3.05) is 12.8 Å². The van der Waals surface area contributed by atoms with E-state index in [1.165, 1.54) is 20.0 Å². The van der Waals surface area contributed by atoms with E-state index in [-0.39, 0.29) is 5.97 Å². The van der Waals surface area contributed by atoms with Crippen LogP contribution in [0, 0.1) is 11.8 Å². The smallest absolute Gasteiger partial charge is 0.339 e. The molecule has 1 saturated carbocycles. The van der Waals surface area contributed by atoms with Gasteiger partial charge in [0, 0.05) is 55.1 Å². The molecule has 5 heterocycles. The van der Waals surface area contributed by atoms with Crippen molar-refractivity contribution in [3.8, 4) is 0 Å². The highest BCUT2D eigenvalue weighted by molar-refractivity contribution is 5.91. The van der Waals surface area contributed by atoms with Crippen molar-refractivity contribution in [3.05, 3.63) is 83.7 Å². The zero-order valence-corrected chi connectivity index (χ0v) is 24.7. The van der Waals surface area contributed by atoms with Gasteiger partial charge in [0.1, 0.15) is 11.3 Å². The molecule has 41 heavy (non-hydrogen) atoms. The van der Waals surface area contributed by atoms with Crippen molar-refractivity contribution in [1.82, 2.24) is 24.1 Å². The molecule has 0 aliphatic heterocycles. The molecule has 0 bridgehead atoms. The Morgan fingerprint density at radius 3 is 2.10 bits per heavy atom. The maximum absolute atomic E-state index is 12.3. The molecule has 8 nitrogen and oxygen atoms in total. The lowest BCUT2D eigenvalue weighted by molar-refractivity contribution is 0.0599. The fourth-order valence-corrected chi connectivity index (χ4v) is 5.17. The summed E-state index contributed by atoms with van der Waals surface area (Å²) in [5.41, 5.74) is 11.9. The first-order valence-electron chi connectivity index (χ1n) is 14.4. The topological polar surface area (TPSA) is 101 Å². The summed E-state index contributed by atoms with van der Waals surface area (Å²) in [5, 5.41) is 2.23. The van der Waals surface area contributed by atoms with Crippen molar-refractivity contribution in [1.29, 1.82) is 0 Å². The molecule has 1 fully saturated rings. The summed E-state index contributed by atoms with van der Waals surface area (Å²) in [6, 6.07) is 10.2. The molecule has 0 amide bonds. The van der Waals surface area contributed by atoms with Gasteiger partial charge in [-0.1, -0.05) is 27.7 Å². The first-order chi connectivity index (χ1) is 19.7. The first kappa shape index (κ1) is 28.3. The molecule has 214 valence electrons. The Balaban J connectivity index is 0.000000202. The van der Waals surface area contributed by atoms with E-state index in [1.54, 1.807) is 6.20 Å². The van der Waals surface area contributed by atoms with Gasteiger partial charge in [-0.2, -0.15) is 0 Å². The van der Waals surface area contributed by atoms with Crippen LogP contribution in [0.15, 0.2) is 61.3 Å². The van der Waals surface area contributed by atoms with Gasteiger partial charge in [-0.3, -0.25) is 4.98 Å². The van der Waals surface area contributed by atoms with Gasteiger partial charge in [0.25, 0.3) is 0 Å². The third-order valence-electron chi connectivity index (χ3n) is 7.22. The van der Waals surface area contributed by atoms with Crippen molar-refractivity contribution in [2.24, 2.45) is 11.8 Å². The number of carbonyl (C=O) groups excluding carboxylic acids is 1. The fourth-order valence-electron chi connectivity index (χ4n) is 5.17. The number of methoxy groups -OCH3 is 1. The number of anilines is 1. The second-order valence-electron chi connectivity index (χ2n) is 11.9. The predicted octanol–water partition coefficient (Wildman–Crippen LogP) is 6.62. The van der Waals surface area contributed by atoms with Gasteiger partial charge >= 0.3 is 5.97 Å². The number of rotatable bonds is 8. The number of fused-ring (bicyclic) bond motifs is 2. The standard InChI is InChI=1S/C22H25N3O2.C11H15N3/c1-14(2)13-25-7-6-17-8-15(11-24-21(17)25)9-20-19(22(26)27-3)10-18(12-23-20)16-4-5-16;1-8(2)7-14-4-3-9-5-10(12)6-13-11(9)14/h6-8,10-12,14,16H,4-5,9,13H2,1-3H3;3-6,8H,7,12H2,1-2H3. The first-order valence-corrected chi connectivity index (χ1v) is 14.4. The number of esters is 1. The van der Waals surface area contributed by atoms with Gasteiger partial charge in [-0.25, -0.2) is 14.8 Å². The highest BCUT2D eigenvalue weighted by atomic mass is 16.5. The average Bonchev–Trinajstić information content (AvgIpc) is 3.62. The molecule has 0 aromatic carbocycles. The third kappa shape index (κ3) is 6.76. The lowest BCUT2D eigenvalue weighted by Crippen LogP contribution is -2.09. The predicted molar refractivity (Wildman–Crippen MR) is 164 cm³/mol. The van der Waals surface area contributed by atoms with E-state index < -0.39 is 0 Å². The van der Waals surface area contributed by atoms with Gasteiger partial charge in [0.2, 0.25) is 0 Å². The number of hydrogen-bond acceptors (Lipinski definition) is 6. The number of nitrogens with zero attached hydrogens (tertiary/aromatic N) is 5. The number of carbonyl (C=O) groups is 1. The maximum Gasteiger partial charge on any atom is 0.339 e. The van der Waals surface area contributed by atoms with Crippen LogP contribution in [0.4, 0.5) is 5.69 Å². The summed E-state index contributed by atoms with van der Waals surface area (Å²) in [6.45, 7) is 10.7. The van der Waals surface area contributed by atoms with Gasteiger partial charge in [-0.05, 0) is 72.1 Å². The third-order valence-corrected chi connectivity index (χ3v) is 7.22. The molecule has 2 N–H and O–H groups in total. The van der Waals surface area contributed by atoms with E-state index >= 15 is 0 Å². The molecular weight excluding hydrogens is 512 g/mol. The van der Waals surface area contributed by atoms with Gasteiger partial charge < -0.3 is 19.6 Å². The molecule has 1 aliphatic rings. The van der Waals surface area contributed by atoms with E-state index in [0.29, 0.717) is 29.7 Å². The van der Waals surface area contributed by atoms with Crippen LogP contribution in [-0.2, 0) is 24.2 Å². The Labute approximate surface area is 241 Å². The van der Waals surface area contributed by atoms with E-state index in [2.05, 4.69) is 82.4 Å². The zero-order valence-electron chi connectivity index (χ0n) is 24.7. The molecule has 5 aromatic heterocycles. The largest absolute Gasteiger partial charge is 0.465 e. The molecule has 0 saturated heterocycles. The van der Waals surface area contributed by atoms with Gasteiger partial charge in [0.15, 0.2) is 0 Å². The Kier molecular flexibility index (Phi) is 8.38. The summed E-state index contributed by atoms with van der Waals surface area (Å²) >= 11 is 0. The summed E-state index contributed by atoms with van der Waals surface area (Å²) in [6.07, 6.45) is 12.6. The molecule has 0 radical (unpaired) electrons. The maximum atomic E-state index is 12.3. The van der Waals surface area contributed by atoms with Crippen molar-refractivity contribution >= 4 is 33.7 Å². The van der Waals surface area contributed by atoms with Gasteiger partial charge in [-0.15, -0.1) is 0 Å². The van der Waals surface area contributed by atoms with Crippen LogP contribution in [0.3, 0.4) is 0 Å². The van der Waals surface area contributed by atoms with E-state index in [0.717, 1.165) is 57.7 Å². The number of nitrogens with two attached hydrogens (primary N) is 1. The van der Waals surface area contributed by atoms with Crippen molar-refractivity contribution < 1.29 is 9.53 Å². The summed E-state index contributed by atoms with van der Waals surface area (Å²) in [5.74, 6) is 1.43. The van der Waals surface area contributed by atoms with Crippen LogP contribution < -0.4 is 5.73 Å². The number of ether oxygens (including phenoxy) is 1. The minimum Gasteiger partial charge on any atom is -0.465 e. The molecule has 5 aromatic rings. The number of aromatic nitrogens is 5. The molecule has 0 atom stereocenters. The molecule has 1 aliphatic carbocycles. The number of hydrogen-bond donors (Lipinski definition) is 1. The second kappa shape index (κ2) is 12.1. The van der Waals surface area contributed by atoms with Crippen LogP contribution in [0.1, 0.15) is 73.6 Å². The number of nitrogen functional groups attached to an aromatic ring is 1. The van der Waals surface area contributed by atoms with Crippen molar-refractivity contribution in [3.63, 3.8) is 0 Å². The highest BCUT2D eigenvalue weighted by Crippen LogP contribution is 2.40. The van der Waals surface area contributed by atoms with Crippen molar-refractivity contribution in [2.45, 2.75) is 66.0 Å². The summed E-state index contributed by atoms with van der Waals surface area (Å²) in [7, 11) is 1.42. The van der Waals surface area contributed by atoms with E-state index in [4.69, 9.17) is 10.5 Å². The quantitative estimate of drug-likeness (QED) is 0.217. The van der Waals surface area contributed by atoms with Crippen LogP contribution in [0.25, 0.3) is 22.1 Å². The Hall–Kier alpha value is -4.20. The average molecular weight is 553 g/mol.